The van der Waals surface area contributed by atoms with E-state index in [-0.39, 0.29) is 17.9 Å². The van der Waals surface area contributed by atoms with E-state index in [1.54, 1.807) is 4.90 Å². The number of nitrogens with zero attached hydrogens (tertiary/aromatic N) is 2. The Kier molecular flexibility index (Phi) is 5.78. The molecule has 0 radical (unpaired) electrons. The number of hydrogen-bond acceptors (Lipinski definition) is 5. The number of fused-ring (bicyclic) bond motifs is 1. The zero-order chi connectivity index (χ0) is 22.1. The first-order valence-corrected chi connectivity index (χ1v) is 10.4. The number of benzene rings is 2. The summed E-state index contributed by atoms with van der Waals surface area (Å²) in [6.45, 7) is 2.61. The summed E-state index contributed by atoms with van der Waals surface area (Å²) >= 11 is 0. The number of hydrogen-bond donors (Lipinski definition) is 3. The van der Waals surface area contributed by atoms with Crippen molar-refractivity contribution in [2.24, 2.45) is 5.92 Å². The fourth-order valence-corrected chi connectivity index (χ4v) is 3.86. The van der Waals surface area contributed by atoms with Gasteiger partial charge in [-0.25, -0.2) is 4.79 Å². The topological polar surface area (TPSA) is 94.1 Å². The highest BCUT2D eigenvalue weighted by atomic mass is 16.5. The number of rotatable bonds is 4. The predicted molar refractivity (Wildman–Crippen MR) is 120 cm³/mol. The number of nitrogens with one attached hydrogen (secondary N) is 2. The number of aryl methyl sites for hydroxylation is 1. The van der Waals surface area contributed by atoms with Gasteiger partial charge in [0.25, 0.3) is 0 Å². The van der Waals surface area contributed by atoms with Gasteiger partial charge in [-0.05, 0) is 48.7 Å². The van der Waals surface area contributed by atoms with Crippen molar-refractivity contribution < 1.29 is 19.3 Å². The predicted octanol–water partition coefficient (Wildman–Crippen LogP) is 1.66. The zero-order valence-electron chi connectivity index (χ0n) is 18.0. The van der Waals surface area contributed by atoms with E-state index in [1.807, 2.05) is 68.4 Å². The first-order chi connectivity index (χ1) is 14.8. The summed E-state index contributed by atoms with van der Waals surface area (Å²) in [7, 11) is 2.82. The number of para-hydroxylation sites is 1. The fourth-order valence-electron chi connectivity index (χ4n) is 3.86. The quantitative estimate of drug-likeness (QED) is 0.652. The third-order valence-corrected chi connectivity index (χ3v) is 5.82. The molecule has 0 bridgehead atoms. The van der Waals surface area contributed by atoms with Crippen molar-refractivity contribution in [3.05, 3.63) is 53.6 Å². The number of anilines is 2. The summed E-state index contributed by atoms with van der Waals surface area (Å²) in [5.41, 5.74) is 3.68. The maximum Gasteiger partial charge on any atom is 0.547 e. The van der Waals surface area contributed by atoms with Crippen LogP contribution in [0.15, 0.2) is 42.5 Å². The molecule has 9 heteroatoms. The molecule has 0 aliphatic carbocycles. The van der Waals surface area contributed by atoms with Crippen LogP contribution in [0, 0.1) is 12.8 Å². The van der Waals surface area contributed by atoms with Crippen molar-refractivity contribution in [2.75, 3.05) is 37.4 Å². The molecule has 2 heterocycles. The number of carbonyl (C=O) groups is 2. The Labute approximate surface area is 182 Å². The first kappa shape index (κ1) is 21.1. The van der Waals surface area contributed by atoms with Crippen LogP contribution in [0.25, 0.3) is 0 Å². The molecule has 0 saturated carbocycles. The van der Waals surface area contributed by atoms with Crippen LogP contribution in [0.1, 0.15) is 11.1 Å². The van der Waals surface area contributed by atoms with Gasteiger partial charge in [-0.2, -0.15) is 0 Å². The van der Waals surface area contributed by atoms with Crippen molar-refractivity contribution in [3.8, 4) is 5.75 Å². The maximum absolute atomic E-state index is 12.6. The van der Waals surface area contributed by atoms with Crippen LogP contribution in [-0.4, -0.2) is 62.1 Å². The van der Waals surface area contributed by atoms with E-state index in [2.05, 4.69) is 10.6 Å². The molecule has 0 unspecified atom stereocenters. The third kappa shape index (κ3) is 4.46. The Hall–Kier alpha value is -3.20. The van der Waals surface area contributed by atoms with Crippen LogP contribution in [-0.2, 0) is 11.2 Å². The summed E-state index contributed by atoms with van der Waals surface area (Å²) in [5.74, 6) is -0.304. The second-order valence-corrected chi connectivity index (χ2v) is 8.36. The Balaban J connectivity index is 1.27. The van der Waals surface area contributed by atoms with Gasteiger partial charge in [0.15, 0.2) is 0 Å². The third-order valence-electron chi connectivity index (χ3n) is 5.82. The SMILES string of the molecule is Cc1cccc2c1OB(O)[C@@H](NC(=O)C1CN(C(=O)Nc3ccc(N(C)C)cc3)C1)C2. The molecule has 2 aliphatic heterocycles. The van der Waals surface area contributed by atoms with E-state index >= 15 is 0 Å². The Morgan fingerprint density at radius 1 is 1.16 bits per heavy atom. The van der Waals surface area contributed by atoms with E-state index in [4.69, 9.17) is 4.65 Å². The number of urea groups is 1. The molecule has 0 aromatic heterocycles. The second kappa shape index (κ2) is 8.51. The van der Waals surface area contributed by atoms with Crippen molar-refractivity contribution in [1.82, 2.24) is 10.2 Å². The highest BCUT2D eigenvalue weighted by molar-refractivity contribution is 6.46. The van der Waals surface area contributed by atoms with Crippen molar-refractivity contribution in [2.45, 2.75) is 19.3 Å². The second-order valence-electron chi connectivity index (χ2n) is 8.36. The molecular formula is C22H27BN4O4. The molecule has 162 valence electrons. The van der Waals surface area contributed by atoms with Crippen molar-refractivity contribution >= 4 is 30.4 Å². The van der Waals surface area contributed by atoms with Crippen LogP contribution in [0.2, 0.25) is 0 Å². The molecule has 0 spiro atoms. The smallest absolute Gasteiger partial charge is 0.534 e. The van der Waals surface area contributed by atoms with Crippen LogP contribution in [0.5, 0.6) is 5.75 Å². The van der Waals surface area contributed by atoms with E-state index < -0.39 is 13.1 Å². The van der Waals surface area contributed by atoms with E-state index in [0.717, 1.165) is 16.8 Å². The van der Waals surface area contributed by atoms with E-state index in [1.165, 1.54) is 0 Å². The van der Waals surface area contributed by atoms with Gasteiger partial charge in [-0.1, -0.05) is 18.2 Å². The van der Waals surface area contributed by atoms with Gasteiger partial charge in [0.1, 0.15) is 5.75 Å². The van der Waals surface area contributed by atoms with Crippen molar-refractivity contribution in [3.63, 3.8) is 0 Å². The van der Waals surface area contributed by atoms with Crippen LogP contribution < -0.4 is 20.2 Å². The van der Waals surface area contributed by atoms with Crippen molar-refractivity contribution in [1.29, 1.82) is 0 Å². The standard InChI is InChI=1S/C22H27BN4O4/c1-14-5-4-6-15-11-19(23(30)31-20(14)15)25-21(28)16-12-27(13-16)22(29)24-17-7-9-18(10-8-17)26(2)3/h4-10,16,19,30H,11-13H2,1-3H3,(H,24,29)(H,25,28)/t19-/m0/s1. The molecule has 3 N–H and O–H groups in total. The van der Waals surface area contributed by atoms with Crippen LogP contribution in [0.4, 0.5) is 16.2 Å². The Morgan fingerprint density at radius 2 is 1.87 bits per heavy atom. The van der Waals surface area contributed by atoms with E-state index in [0.29, 0.717) is 30.9 Å². The summed E-state index contributed by atoms with van der Waals surface area (Å²) in [6.07, 6.45) is 0.504. The fraction of sp³-hybridized carbons (Fsp3) is 0.364. The summed E-state index contributed by atoms with van der Waals surface area (Å²) < 4.78 is 5.62. The van der Waals surface area contributed by atoms with Gasteiger partial charge in [-0.3, -0.25) is 4.79 Å². The Bertz CT molecular complexity index is 976. The lowest BCUT2D eigenvalue weighted by atomic mass is 9.72. The molecular weight excluding hydrogens is 395 g/mol. The molecule has 1 atom stereocenters. The van der Waals surface area contributed by atoms with Gasteiger partial charge < -0.3 is 30.1 Å². The first-order valence-electron chi connectivity index (χ1n) is 10.4. The zero-order valence-corrected chi connectivity index (χ0v) is 18.0. The minimum absolute atomic E-state index is 0.178. The Morgan fingerprint density at radius 3 is 2.55 bits per heavy atom. The van der Waals surface area contributed by atoms with Gasteiger partial charge in [0.2, 0.25) is 5.91 Å². The largest absolute Gasteiger partial charge is 0.547 e. The average Bonchev–Trinajstić information content (AvgIpc) is 2.68. The number of amides is 3. The normalized spacial score (nSPS) is 17.9. The molecule has 2 aromatic carbocycles. The minimum atomic E-state index is -1.10. The van der Waals surface area contributed by atoms with Crippen LogP contribution >= 0.6 is 0 Å². The summed E-state index contributed by atoms with van der Waals surface area (Å²) in [4.78, 5) is 28.6. The van der Waals surface area contributed by atoms with Gasteiger partial charge in [0, 0.05) is 38.6 Å². The molecule has 4 rings (SSSR count). The average molecular weight is 422 g/mol. The monoisotopic (exact) mass is 422 g/mol. The molecule has 3 amide bonds. The number of carbonyl (C=O) groups excluding carboxylic acids is 2. The van der Waals surface area contributed by atoms with Gasteiger partial charge in [-0.15, -0.1) is 0 Å². The maximum atomic E-state index is 12.6. The molecule has 2 aliphatic rings. The lowest BCUT2D eigenvalue weighted by Crippen LogP contribution is -2.61. The van der Waals surface area contributed by atoms with E-state index in [9.17, 15) is 14.6 Å². The molecule has 1 saturated heterocycles. The lowest BCUT2D eigenvalue weighted by molar-refractivity contribution is -0.129. The molecule has 1 fully saturated rings. The minimum Gasteiger partial charge on any atom is -0.534 e. The summed E-state index contributed by atoms with van der Waals surface area (Å²) in [6, 6.07) is 13.1. The summed E-state index contributed by atoms with van der Waals surface area (Å²) in [5, 5.41) is 16.0. The molecule has 8 nitrogen and oxygen atoms in total. The highest BCUT2D eigenvalue weighted by Gasteiger charge is 2.41. The van der Waals surface area contributed by atoms with Gasteiger partial charge >= 0.3 is 13.1 Å². The molecule has 31 heavy (non-hydrogen) atoms. The van der Waals surface area contributed by atoms with Crippen LogP contribution in [0.3, 0.4) is 0 Å². The highest BCUT2D eigenvalue weighted by Crippen LogP contribution is 2.29. The lowest BCUT2D eigenvalue weighted by Gasteiger charge is -2.39. The molecule has 2 aromatic rings. The van der Waals surface area contributed by atoms with Gasteiger partial charge in [0.05, 0.1) is 11.9 Å². The number of likely N-dealkylation sites (tertiary alicyclic amines) is 1.